The van der Waals surface area contributed by atoms with Gasteiger partial charge in [0.05, 0.1) is 4.47 Å². The van der Waals surface area contributed by atoms with Crippen molar-refractivity contribution in [1.82, 2.24) is 4.57 Å². The second-order valence-electron chi connectivity index (χ2n) is 1.82. The van der Waals surface area contributed by atoms with Gasteiger partial charge in [0.1, 0.15) is 5.49 Å². The van der Waals surface area contributed by atoms with Gasteiger partial charge >= 0.3 is 0 Å². The first-order valence-electron chi connectivity index (χ1n) is 2.57. The first-order valence-corrected chi connectivity index (χ1v) is 3.37. The number of rotatable bonds is 0. The van der Waals surface area contributed by atoms with Gasteiger partial charge in [-0.2, -0.15) is 0 Å². The van der Waals surface area contributed by atoms with Gasteiger partial charge in [-0.25, -0.2) is 0 Å². The van der Waals surface area contributed by atoms with Gasteiger partial charge in [0.15, 0.2) is 0 Å². The summed E-state index contributed by atoms with van der Waals surface area (Å²) in [5.41, 5.74) is 0.498. The molecule has 1 aromatic heterocycles. The highest BCUT2D eigenvalue weighted by Crippen LogP contribution is 1.98. The molecule has 1 N–H and O–H groups in total. The maximum atomic E-state index is 7.36. The standard InChI is InChI=1S/C6H7BrN2/c1-9-4-2-3-5(7)6(9)8/h2-4,8H,1H3. The smallest absolute Gasteiger partial charge is 0.138 e. The molecule has 0 aromatic carbocycles. The predicted molar refractivity (Wildman–Crippen MR) is 39.0 cm³/mol. The summed E-state index contributed by atoms with van der Waals surface area (Å²) in [6.07, 6.45) is 1.84. The van der Waals surface area contributed by atoms with Gasteiger partial charge in [-0.3, -0.25) is 5.41 Å². The second-order valence-corrected chi connectivity index (χ2v) is 2.67. The number of nitrogens with one attached hydrogen (secondary N) is 1. The highest BCUT2D eigenvalue weighted by molar-refractivity contribution is 9.10. The van der Waals surface area contributed by atoms with Crippen molar-refractivity contribution < 1.29 is 0 Å². The molecule has 9 heavy (non-hydrogen) atoms. The number of aromatic nitrogens is 1. The molecule has 0 unspecified atom stereocenters. The van der Waals surface area contributed by atoms with E-state index < -0.39 is 0 Å². The molecule has 1 heterocycles. The van der Waals surface area contributed by atoms with E-state index in [9.17, 15) is 0 Å². The zero-order valence-corrected chi connectivity index (χ0v) is 6.64. The summed E-state index contributed by atoms with van der Waals surface area (Å²) in [6, 6.07) is 3.74. The van der Waals surface area contributed by atoms with Crippen LogP contribution in [0, 0.1) is 5.41 Å². The van der Waals surface area contributed by atoms with E-state index in [1.165, 1.54) is 0 Å². The number of halogens is 1. The molecule has 0 atom stereocenters. The fourth-order valence-corrected chi connectivity index (χ4v) is 1.01. The third kappa shape index (κ3) is 1.21. The average Bonchev–Trinajstić information content (AvgIpc) is 1.83. The fourth-order valence-electron chi connectivity index (χ4n) is 0.579. The average molecular weight is 187 g/mol. The van der Waals surface area contributed by atoms with E-state index in [2.05, 4.69) is 15.9 Å². The highest BCUT2D eigenvalue weighted by atomic mass is 79.9. The molecule has 0 aliphatic heterocycles. The van der Waals surface area contributed by atoms with E-state index in [0.29, 0.717) is 5.49 Å². The van der Waals surface area contributed by atoms with Crippen LogP contribution in [0.2, 0.25) is 0 Å². The second kappa shape index (κ2) is 2.35. The lowest BCUT2D eigenvalue weighted by molar-refractivity contribution is 0.809. The maximum Gasteiger partial charge on any atom is 0.138 e. The fraction of sp³-hybridized carbons (Fsp3) is 0.167. The molecule has 0 aliphatic rings. The molecule has 0 fully saturated rings. The Kier molecular flexibility index (Phi) is 1.71. The number of hydrogen-bond acceptors (Lipinski definition) is 1. The minimum absolute atomic E-state index is 0.498. The Balaban J connectivity index is 3.43. The topological polar surface area (TPSA) is 28.8 Å². The van der Waals surface area contributed by atoms with Gasteiger partial charge < -0.3 is 4.57 Å². The van der Waals surface area contributed by atoms with Crippen molar-refractivity contribution in [3.63, 3.8) is 0 Å². The first kappa shape index (κ1) is 6.55. The lowest BCUT2D eigenvalue weighted by Gasteiger charge is -1.96. The van der Waals surface area contributed by atoms with Gasteiger partial charge in [-0.05, 0) is 28.1 Å². The minimum atomic E-state index is 0.498. The van der Waals surface area contributed by atoms with Crippen molar-refractivity contribution >= 4 is 15.9 Å². The Morgan fingerprint density at radius 2 is 2.33 bits per heavy atom. The Hall–Kier alpha value is -0.570. The van der Waals surface area contributed by atoms with Crippen LogP contribution in [0.4, 0.5) is 0 Å². The van der Waals surface area contributed by atoms with E-state index in [1.54, 1.807) is 4.57 Å². The summed E-state index contributed by atoms with van der Waals surface area (Å²) < 4.78 is 2.57. The molecule has 0 amide bonds. The largest absolute Gasteiger partial charge is 0.336 e. The monoisotopic (exact) mass is 186 g/mol. The van der Waals surface area contributed by atoms with Crippen LogP contribution in [-0.2, 0) is 7.05 Å². The first-order chi connectivity index (χ1) is 4.22. The molecule has 0 bridgehead atoms. The van der Waals surface area contributed by atoms with Crippen LogP contribution in [0.1, 0.15) is 0 Å². The van der Waals surface area contributed by atoms with Crippen LogP contribution in [0.25, 0.3) is 0 Å². The Morgan fingerprint density at radius 3 is 2.78 bits per heavy atom. The number of hydrogen-bond donors (Lipinski definition) is 1. The third-order valence-electron chi connectivity index (χ3n) is 1.13. The van der Waals surface area contributed by atoms with Crippen molar-refractivity contribution in [2.75, 3.05) is 0 Å². The Morgan fingerprint density at radius 1 is 1.67 bits per heavy atom. The van der Waals surface area contributed by atoms with Crippen molar-refractivity contribution in [3.05, 3.63) is 28.3 Å². The van der Waals surface area contributed by atoms with Gasteiger partial charge in [-0.15, -0.1) is 0 Å². The van der Waals surface area contributed by atoms with Crippen molar-refractivity contribution in [1.29, 1.82) is 5.41 Å². The molecule has 0 spiro atoms. The lowest BCUT2D eigenvalue weighted by atomic mass is 10.5. The van der Waals surface area contributed by atoms with Crippen LogP contribution in [0.5, 0.6) is 0 Å². The highest BCUT2D eigenvalue weighted by Gasteiger charge is 1.87. The third-order valence-corrected chi connectivity index (χ3v) is 1.77. The predicted octanol–water partition coefficient (Wildman–Crippen LogP) is 1.27. The molecule has 3 heteroatoms. The number of nitrogens with zero attached hydrogens (tertiary/aromatic N) is 1. The van der Waals surface area contributed by atoms with Crippen LogP contribution in [0.3, 0.4) is 0 Å². The normalized spacial score (nSPS) is 9.56. The van der Waals surface area contributed by atoms with Crippen LogP contribution < -0.4 is 5.49 Å². The lowest BCUT2D eigenvalue weighted by Crippen LogP contribution is -2.15. The summed E-state index contributed by atoms with van der Waals surface area (Å²) in [7, 11) is 1.84. The summed E-state index contributed by atoms with van der Waals surface area (Å²) >= 11 is 3.24. The molecule has 0 saturated heterocycles. The molecule has 1 rings (SSSR count). The molecule has 2 nitrogen and oxygen atoms in total. The SMILES string of the molecule is Cn1cccc(Br)c1=N. The number of pyridine rings is 1. The molecular formula is C6H7BrN2. The molecule has 48 valence electrons. The van der Waals surface area contributed by atoms with Crippen LogP contribution in [-0.4, -0.2) is 4.57 Å². The van der Waals surface area contributed by atoms with Gasteiger partial charge in [0, 0.05) is 13.2 Å². The van der Waals surface area contributed by atoms with Crippen molar-refractivity contribution in [2.45, 2.75) is 0 Å². The van der Waals surface area contributed by atoms with E-state index in [1.807, 2.05) is 25.4 Å². The van der Waals surface area contributed by atoms with Gasteiger partial charge in [0.25, 0.3) is 0 Å². The van der Waals surface area contributed by atoms with E-state index in [-0.39, 0.29) is 0 Å². The van der Waals surface area contributed by atoms with Crippen LogP contribution in [0.15, 0.2) is 22.8 Å². The number of aryl methyl sites for hydroxylation is 1. The van der Waals surface area contributed by atoms with Crippen LogP contribution >= 0.6 is 15.9 Å². The quantitative estimate of drug-likeness (QED) is 0.633. The molecule has 1 aromatic rings. The Bertz CT molecular complexity index is 241. The van der Waals surface area contributed by atoms with Crippen molar-refractivity contribution in [2.24, 2.45) is 7.05 Å². The molecule has 0 aliphatic carbocycles. The summed E-state index contributed by atoms with van der Waals surface area (Å²) in [6.45, 7) is 0. The summed E-state index contributed by atoms with van der Waals surface area (Å²) in [5, 5.41) is 7.36. The van der Waals surface area contributed by atoms with E-state index in [4.69, 9.17) is 5.41 Å². The molecular weight excluding hydrogens is 180 g/mol. The molecule has 0 saturated carbocycles. The molecule has 0 radical (unpaired) electrons. The summed E-state index contributed by atoms with van der Waals surface area (Å²) in [5.74, 6) is 0. The van der Waals surface area contributed by atoms with E-state index >= 15 is 0 Å². The zero-order chi connectivity index (χ0) is 6.85. The zero-order valence-electron chi connectivity index (χ0n) is 5.06. The summed E-state index contributed by atoms with van der Waals surface area (Å²) in [4.78, 5) is 0. The van der Waals surface area contributed by atoms with Crippen molar-refractivity contribution in [3.8, 4) is 0 Å². The minimum Gasteiger partial charge on any atom is -0.336 e. The van der Waals surface area contributed by atoms with Gasteiger partial charge in [-0.1, -0.05) is 0 Å². The van der Waals surface area contributed by atoms with E-state index in [0.717, 1.165) is 4.47 Å². The Labute approximate surface area is 61.8 Å². The maximum absolute atomic E-state index is 7.36. The van der Waals surface area contributed by atoms with Gasteiger partial charge in [0.2, 0.25) is 0 Å².